The Morgan fingerprint density at radius 2 is 2.17 bits per heavy atom. The van der Waals surface area contributed by atoms with Gasteiger partial charge in [-0.25, -0.2) is 15.4 Å². The van der Waals surface area contributed by atoms with Crippen LogP contribution < -0.4 is 10.9 Å². The second-order valence-electron chi connectivity index (χ2n) is 2.11. The maximum atomic E-state index is 11.1. The predicted molar refractivity (Wildman–Crippen MR) is 43.2 cm³/mol. The fourth-order valence-electron chi connectivity index (χ4n) is 0.657. The van der Waals surface area contributed by atoms with Crippen LogP contribution in [0.3, 0.4) is 0 Å². The average Bonchev–Trinajstić information content (AvgIpc) is 2.15. The van der Waals surface area contributed by atoms with Crippen molar-refractivity contribution in [2.45, 2.75) is 6.92 Å². The Bertz CT molecular complexity index is 249. The van der Waals surface area contributed by atoms with Gasteiger partial charge < -0.3 is 0 Å². The molecule has 12 heavy (non-hydrogen) atoms. The lowest BCUT2D eigenvalue weighted by Crippen LogP contribution is -2.37. The lowest BCUT2D eigenvalue weighted by Gasteiger charge is -2.02. The van der Waals surface area contributed by atoms with Crippen molar-refractivity contribution in [2.24, 2.45) is 0 Å². The zero-order chi connectivity index (χ0) is 8.81. The molecule has 2 N–H and O–H groups in total. The highest BCUT2D eigenvalue weighted by atomic mass is 16.2. The first-order chi connectivity index (χ1) is 5.84. The van der Waals surface area contributed by atoms with Crippen molar-refractivity contribution < 1.29 is 4.79 Å². The van der Waals surface area contributed by atoms with Crippen LogP contribution in [0.5, 0.6) is 0 Å². The van der Waals surface area contributed by atoms with Crippen molar-refractivity contribution in [3.63, 3.8) is 0 Å². The van der Waals surface area contributed by atoms with Crippen LogP contribution in [0.4, 0.5) is 0 Å². The van der Waals surface area contributed by atoms with Gasteiger partial charge in [0.05, 0.1) is 5.56 Å². The third-order valence-electron chi connectivity index (χ3n) is 1.20. The summed E-state index contributed by atoms with van der Waals surface area (Å²) in [5.41, 5.74) is 5.61. The van der Waals surface area contributed by atoms with Crippen molar-refractivity contribution in [3.05, 3.63) is 24.3 Å². The van der Waals surface area contributed by atoms with E-state index >= 15 is 0 Å². The third kappa shape index (κ3) is 2.28. The summed E-state index contributed by atoms with van der Waals surface area (Å²) in [5.74, 6) is -0.225. The summed E-state index contributed by atoms with van der Waals surface area (Å²) in [6.45, 7) is 2.57. The number of carbonyl (C=O) groups is 1. The molecule has 1 rings (SSSR count). The first kappa shape index (κ1) is 8.61. The van der Waals surface area contributed by atoms with Crippen LogP contribution in [0.25, 0.3) is 0 Å². The lowest BCUT2D eigenvalue weighted by atomic mass is 10.3. The van der Waals surface area contributed by atoms with Gasteiger partial charge in [-0.05, 0) is 0 Å². The molecule has 64 valence electrons. The fourth-order valence-corrected chi connectivity index (χ4v) is 0.657. The lowest BCUT2D eigenvalue weighted by molar-refractivity contribution is 0.0933. The minimum Gasteiger partial charge on any atom is -0.287 e. The van der Waals surface area contributed by atoms with Gasteiger partial charge in [0.25, 0.3) is 5.91 Å². The van der Waals surface area contributed by atoms with Crippen LogP contribution in [0, 0.1) is 0 Å². The summed E-state index contributed by atoms with van der Waals surface area (Å²) < 4.78 is 0. The van der Waals surface area contributed by atoms with Gasteiger partial charge in [0.2, 0.25) is 0 Å². The molecule has 1 heterocycles. The maximum Gasteiger partial charge on any atom is 0.268 e. The number of carbonyl (C=O) groups excluding carboxylic acids is 1. The normalized spacial score (nSPS) is 9.42. The minimum atomic E-state index is -0.225. The highest BCUT2D eigenvalue weighted by Gasteiger charge is 2.02. The molecule has 0 saturated heterocycles. The summed E-state index contributed by atoms with van der Waals surface area (Å²) in [4.78, 5) is 18.6. The Morgan fingerprint density at radius 1 is 1.50 bits per heavy atom. The molecular formula is C7H10N4O. The predicted octanol–water partition coefficient (Wildman–Crippen LogP) is -0.269. The molecule has 0 fully saturated rings. The largest absolute Gasteiger partial charge is 0.287 e. The van der Waals surface area contributed by atoms with Crippen LogP contribution in [0.2, 0.25) is 0 Å². The first-order valence-corrected chi connectivity index (χ1v) is 3.62. The molecule has 5 heteroatoms. The van der Waals surface area contributed by atoms with E-state index in [2.05, 4.69) is 20.8 Å². The van der Waals surface area contributed by atoms with Crippen molar-refractivity contribution in [1.29, 1.82) is 0 Å². The number of hydrogen-bond donors (Lipinski definition) is 2. The van der Waals surface area contributed by atoms with E-state index in [1.807, 2.05) is 6.92 Å². The third-order valence-corrected chi connectivity index (χ3v) is 1.20. The average molecular weight is 166 g/mol. The number of nitrogens with one attached hydrogen (secondary N) is 2. The standard InChI is InChI=1S/C7H10N4O/c1-2-10-11-7(12)6-3-8-5-9-4-6/h3-5,10H,2H2,1H3,(H,11,12). The zero-order valence-electron chi connectivity index (χ0n) is 6.74. The summed E-state index contributed by atoms with van der Waals surface area (Å²) in [7, 11) is 0. The highest BCUT2D eigenvalue weighted by molar-refractivity contribution is 5.93. The maximum absolute atomic E-state index is 11.1. The Hall–Kier alpha value is -1.49. The van der Waals surface area contributed by atoms with Crippen molar-refractivity contribution >= 4 is 5.91 Å². The Kier molecular flexibility index (Phi) is 3.16. The minimum absolute atomic E-state index is 0.225. The van der Waals surface area contributed by atoms with E-state index in [-0.39, 0.29) is 5.91 Å². The monoisotopic (exact) mass is 166 g/mol. The van der Waals surface area contributed by atoms with E-state index in [9.17, 15) is 4.79 Å². The molecule has 0 atom stereocenters. The van der Waals surface area contributed by atoms with Crippen LogP contribution in [0.15, 0.2) is 18.7 Å². The molecule has 0 saturated carbocycles. The number of aromatic nitrogens is 2. The molecular weight excluding hydrogens is 156 g/mol. The zero-order valence-corrected chi connectivity index (χ0v) is 6.74. The van der Waals surface area contributed by atoms with E-state index in [1.165, 1.54) is 18.7 Å². The molecule has 1 aromatic rings. The molecule has 0 aliphatic heterocycles. The van der Waals surface area contributed by atoms with Gasteiger partial charge in [-0.2, -0.15) is 0 Å². The molecule has 1 amide bonds. The van der Waals surface area contributed by atoms with E-state index in [0.717, 1.165) is 0 Å². The SMILES string of the molecule is CCNNC(=O)c1cncnc1. The first-order valence-electron chi connectivity index (χ1n) is 3.62. The van der Waals surface area contributed by atoms with E-state index < -0.39 is 0 Å². The number of nitrogens with zero attached hydrogens (tertiary/aromatic N) is 2. The van der Waals surface area contributed by atoms with Gasteiger partial charge in [-0.15, -0.1) is 0 Å². The number of hydrogen-bond acceptors (Lipinski definition) is 4. The Labute approximate surface area is 70.2 Å². The molecule has 0 spiro atoms. The molecule has 0 aliphatic rings. The molecule has 0 unspecified atom stereocenters. The van der Waals surface area contributed by atoms with Gasteiger partial charge in [0.15, 0.2) is 0 Å². The Balaban J connectivity index is 2.54. The van der Waals surface area contributed by atoms with Gasteiger partial charge >= 0.3 is 0 Å². The molecule has 0 bridgehead atoms. The summed E-state index contributed by atoms with van der Waals surface area (Å²) >= 11 is 0. The summed E-state index contributed by atoms with van der Waals surface area (Å²) in [5, 5.41) is 0. The van der Waals surface area contributed by atoms with Gasteiger partial charge in [-0.3, -0.25) is 10.2 Å². The summed E-state index contributed by atoms with van der Waals surface area (Å²) in [6.07, 6.45) is 4.30. The number of hydrazine groups is 1. The molecule has 1 aromatic heterocycles. The summed E-state index contributed by atoms with van der Waals surface area (Å²) in [6, 6.07) is 0. The van der Waals surface area contributed by atoms with E-state index in [0.29, 0.717) is 12.1 Å². The van der Waals surface area contributed by atoms with E-state index in [1.54, 1.807) is 0 Å². The van der Waals surface area contributed by atoms with Gasteiger partial charge in [-0.1, -0.05) is 6.92 Å². The van der Waals surface area contributed by atoms with Crippen molar-refractivity contribution in [2.75, 3.05) is 6.54 Å². The van der Waals surface area contributed by atoms with Crippen LogP contribution in [0.1, 0.15) is 17.3 Å². The molecule has 5 nitrogen and oxygen atoms in total. The Morgan fingerprint density at radius 3 is 2.75 bits per heavy atom. The van der Waals surface area contributed by atoms with E-state index in [4.69, 9.17) is 0 Å². The van der Waals surface area contributed by atoms with Crippen molar-refractivity contribution in [3.8, 4) is 0 Å². The second-order valence-corrected chi connectivity index (χ2v) is 2.11. The van der Waals surface area contributed by atoms with Crippen molar-refractivity contribution in [1.82, 2.24) is 20.8 Å². The second kappa shape index (κ2) is 4.40. The van der Waals surface area contributed by atoms with Gasteiger partial charge in [0, 0.05) is 18.9 Å². The molecule has 0 aliphatic carbocycles. The fraction of sp³-hybridized carbons (Fsp3) is 0.286. The molecule has 0 aromatic carbocycles. The molecule has 0 radical (unpaired) electrons. The smallest absolute Gasteiger partial charge is 0.268 e. The van der Waals surface area contributed by atoms with Gasteiger partial charge in [0.1, 0.15) is 6.33 Å². The quantitative estimate of drug-likeness (QED) is 0.607. The van der Waals surface area contributed by atoms with Crippen LogP contribution in [-0.4, -0.2) is 22.4 Å². The highest BCUT2D eigenvalue weighted by Crippen LogP contribution is 1.90. The topological polar surface area (TPSA) is 66.9 Å². The van der Waals surface area contributed by atoms with Crippen LogP contribution in [-0.2, 0) is 0 Å². The number of amides is 1. The number of rotatable bonds is 3. The van der Waals surface area contributed by atoms with Crippen LogP contribution >= 0.6 is 0 Å².